The fourth-order valence-electron chi connectivity index (χ4n) is 3.55. The Morgan fingerprint density at radius 2 is 1.77 bits per heavy atom. The molecule has 118 valence electrons. The first-order valence-corrected chi connectivity index (χ1v) is 8.21. The molecular weight excluding hydrogens is 272 g/mol. The Morgan fingerprint density at radius 1 is 1.14 bits per heavy atom. The van der Waals surface area contributed by atoms with Crippen LogP contribution >= 0.6 is 0 Å². The number of piperidine rings is 1. The highest BCUT2D eigenvalue weighted by molar-refractivity contribution is 5.82. The number of hydrogen-bond acceptors (Lipinski definition) is 1. The van der Waals surface area contributed by atoms with Crippen molar-refractivity contribution in [2.24, 2.45) is 12.5 Å². The van der Waals surface area contributed by atoms with Gasteiger partial charge in [-0.05, 0) is 30.4 Å². The number of likely N-dealkylation sites (tertiary alicyclic amines) is 1. The lowest BCUT2D eigenvalue weighted by Crippen LogP contribution is -2.43. The van der Waals surface area contributed by atoms with Crippen LogP contribution in [0.5, 0.6) is 0 Å². The summed E-state index contributed by atoms with van der Waals surface area (Å²) in [5.41, 5.74) is 2.43. The average Bonchev–Trinajstić information content (AvgIpc) is 2.83. The molecule has 3 heteroatoms. The third kappa shape index (κ3) is 2.65. The second-order valence-electron chi connectivity index (χ2n) is 7.50. The Balaban J connectivity index is 1.76. The first-order chi connectivity index (χ1) is 10.4. The molecule has 1 amide bonds. The van der Waals surface area contributed by atoms with Crippen molar-refractivity contribution in [3.8, 4) is 0 Å². The highest BCUT2D eigenvalue weighted by Crippen LogP contribution is 2.33. The topological polar surface area (TPSA) is 25.2 Å². The van der Waals surface area contributed by atoms with Crippen molar-refractivity contribution in [3.05, 3.63) is 36.0 Å². The zero-order valence-corrected chi connectivity index (χ0v) is 14.1. The van der Waals surface area contributed by atoms with Gasteiger partial charge in [-0.15, -0.1) is 0 Å². The zero-order valence-electron chi connectivity index (χ0n) is 14.1. The summed E-state index contributed by atoms with van der Waals surface area (Å²) in [6.07, 6.45) is 2.12. The van der Waals surface area contributed by atoms with E-state index in [-0.39, 0.29) is 11.3 Å². The van der Waals surface area contributed by atoms with Gasteiger partial charge in [0.15, 0.2) is 0 Å². The van der Waals surface area contributed by atoms with Crippen LogP contribution in [0.2, 0.25) is 0 Å². The van der Waals surface area contributed by atoms with Crippen molar-refractivity contribution < 1.29 is 4.79 Å². The first kappa shape index (κ1) is 15.1. The van der Waals surface area contributed by atoms with Crippen molar-refractivity contribution in [2.45, 2.75) is 39.5 Å². The summed E-state index contributed by atoms with van der Waals surface area (Å²) in [6, 6.07) is 10.9. The summed E-state index contributed by atoms with van der Waals surface area (Å²) in [5.74, 6) is 0.837. The summed E-state index contributed by atoms with van der Waals surface area (Å²) >= 11 is 0. The van der Waals surface area contributed by atoms with Gasteiger partial charge in [0, 0.05) is 42.7 Å². The number of para-hydroxylation sites is 1. The highest BCUT2D eigenvalue weighted by atomic mass is 16.2. The molecule has 1 aromatic carbocycles. The summed E-state index contributed by atoms with van der Waals surface area (Å²) in [7, 11) is 2.16. The van der Waals surface area contributed by atoms with Crippen LogP contribution < -0.4 is 0 Å². The van der Waals surface area contributed by atoms with E-state index in [1.807, 2.05) is 25.7 Å². The summed E-state index contributed by atoms with van der Waals surface area (Å²) in [6.45, 7) is 7.77. The van der Waals surface area contributed by atoms with Crippen LogP contribution in [0.4, 0.5) is 0 Å². The summed E-state index contributed by atoms with van der Waals surface area (Å²) < 4.78 is 2.32. The number of nitrogens with zero attached hydrogens (tertiary/aromatic N) is 2. The molecular formula is C19H26N2O. The fourth-order valence-corrected chi connectivity index (χ4v) is 3.55. The van der Waals surface area contributed by atoms with E-state index in [2.05, 4.69) is 41.9 Å². The average molecular weight is 298 g/mol. The van der Waals surface area contributed by atoms with Gasteiger partial charge in [-0.1, -0.05) is 39.0 Å². The zero-order chi connectivity index (χ0) is 15.9. The van der Waals surface area contributed by atoms with E-state index in [0.717, 1.165) is 25.9 Å². The number of carbonyl (C=O) groups excluding carboxylic acids is 1. The van der Waals surface area contributed by atoms with Gasteiger partial charge >= 0.3 is 0 Å². The molecule has 3 rings (SSSR count). The lowest BCUT2D eigenvalue weighted by molar-refractivity contribution is -0.140. The monoisotopic (exact) mass is 298 g/mol. The molecule has 1 aliphatic heterocycles. The van der Waals surface area contributed by atoms with Gasteiger partial charge in [0.2, 0.25) is 5.91 Å². The van der Waals surface area contributed by atoms with Crippen LogP contribution in [0.3, 0.4) is 0 Å². The van der Waals surface area contributed by atoms with Gasteiger partial charge in [0.05, 0.1) is 0 Å². The van der Waals surface area contributed by atoms with E-state index in [0.29, 0.717) is 5.92 Å². The molecule has 0 saturated carbocycles. The minimum Gasteiger partial charge on any atom is -0.347 e. The molecule has 1 fully saturated rings. The minimum atomic E-state index is -0.271. The van der Waals surface area contributed by atoms with Crippen LogP contribution in [-0.4, -0.2) is 28.5 Å². The van der Waals surface area contributed by atoms with E-state index < -0.39 is 0 Å². The molecule has 0 N–H and O–H groups in total. The van der Waals surface area contributed by atoms with Gasteiger partial charge in [-0.3, -0.25) is 4.79 Å². The quantitative estimate of drug-likeness (QED) is 0.783. The Kier molecular flexibility index (Phi) is 3.75. The van der Waals surface area contributed by atoms with E-state index in [9.17, 15) is 4.79 Å². The maximum absolute atomic E-state index is 12.4. The third-order valence-electron chi connectivity index (χ3n) is 4.83. The Morgan fingerprint density at radius 3 is 2.36 bits per heavy atom. The molecule has 22 heavy (non-hydrogen) atoms. The predicted molar refractivity (Wildman–Crippen MR) is 90.9 cm³/mol. The molecule has 1 saturated heterocycles. The molecule has 1 aliphatic rings. The molecule has 3 nitrogen and oxygen atoms in total. The van der Waals surface area contributed by atoms with Crippen LogP contribution in [0.25, 0.3) is 10.9 Å². The van der Waals surface area contributed by atoms with Crippen molar-refractivity contribution in [2.75, 3.05) is 13.1 Å². The summed E-state index contributed by atoms with van der Waals surface area (Å²) in [5, 5.41) is 1.31. The van der Waals surface area contributed by atoms with Gasteiger partial charge in [0.1, 0.15) is 0 Å². The van der Waals surface area contributed by atoms with E-state index in [1.54, 1.807) is 0 Å². The van der Waals surface area contributed by atoms with Gasteiger partial charge in [-0.2, -0.15) is 0 Å². The molecule has 0 unspecified atom stereocenters. The molecule has 1 aromatic heterocycles. The Hall–Kier alpha value is -1.77. The largest absolute Gasteiger partial charge is 0.347 e. The summed E-state index contributed by atoms with van der Waals surface area (Å²) in [4.78, 5) is 14.4. The predicted octanol–water partition coefficient (Wildman–Crippen LogP) is 3.93. The SMILES string of the molecule is Cn1c(C2CCN(C(=O)C(C)(C)C)CC2)cc2ccccc21. The first-order valence-electron chi connectivity index (χ1n) is 8.21. The van der Waals surface area contributed by atoms with Gasteiger partial charge in [-0.25, -0.2) is 0 Å². The van der Waals surface area contributed by atoms with E-state index in [4.69, 9.17) is 0 Å². The van der Waals surface area contributed by atoms with Crippen molar-refractivity contribution in [3.63, 3.8) is 0 Å². The smallest absolute Gasteiger partial charge is 0.227 e. The van der Waals surface area contributed by atoms with E-state index in [1.165, 1.54) is 16.6 Å². The Bertz CT molecular complexity index is 685. The Labute approximate surface area is 132 Å². The minimum absolute atomic E-state index is 0.271. The number of aryl methyl sites for hydroxylation is 1. The number of carbonyl (C=O) groups is 1. The number of aromatic nitrogens is 1. The third-order valence-corrected chi connectivity index (χ3v) is 4.83. The molecule has 2 heterocycles. The lowest BCUT2D eigenvalue weighted by Gasteiger charge is -2.36. The van der Waals surface area contributed by atoms with E-state index >= 15 is 0 Å². The molecule has 0 bridgehead atoms. The van der Waals surface area contributed by atoms with Crippen molar-refractivity contribution in [1.82, 2.24) is 9.47 Å². The number of benzene rings is 1. The number of hydrogen-bond donors (Lipinski definition) is 0. The van der Waals surface area contributed by atoms with Crippen LogP contribution in [0.15, 0.2) is 30.3 Å². The molecule has 0 radical (unpaired) electrons. The van der Waals surface area contributed by atoms with Crippen LogP contribution in [0, 0.1) is 5.41 Å². The normalized spacial score (nSPS) is 17.2. The number of rotatable bonds is 1. The second-order valence-corrected chi connectivity index (χ2v) is 7.50. The maximum Gasteiger partial charge on any atom is 0.227 e. The molecule has 0 atom stereocenters. The molecule has 0 aliphatic carbocycles. The van der Waals surface area contributed by atoms with Crippen molar-refractivity contribution >= 4 is 16.8 Å². The maximum atomic E-state index is 12.4. The molecule has 2 aromatic rings. The van der Waals surface area contributed by atoms with Crippen LogP contribution in [0.1, 0.15) is 45.2 Å². The van der Waals surface area contributed by atoms with Crippen molar-refractivity contribution in [1.29, 1.82) is 0 Å². The second kappa shape index (κ2) is 5.45. The van der Waals surface area contributed by atoms with Gasteiger partial charge < -0.3 is 9.47 Å². The fraction of sp³-hybridized carbons (Fsp3) is 0.526. The van der Waals surface area contributed by atoms with Crippen LogP contribution in [-0.2, 0) is 11.8 Å². The standard InChI is InChI=1S/C19H26N2O/c1-19(2,3)18(22)21-11-9-14(10-12-21)17-13-15-7-5-6-8-16(15)20(17)4/h5-8,13-14H,9-12H2,1-4H3. The van der Waals surface area contributed by atoms with Gasteiger partial charge in [0.25, 0.3) is 0 Å². The number of fused-ring (bicyclic) bond motifs is 1. The number of amides is 1. The highest BCUT2D eigenvalue weighted by Gasteiger charge is 2.31. The molecule has 0 spiro atoms. The lowest BCUT2D eigenvalue weighted by atomic mass is 9.89.